The van der Waals surface area contributed by atoms with Crippen LogP contribution in [0.5, 0.6) is 0 Å². The fourth-order valence-corrected chi connectivity index (χ4v) is 4.97. The Hall–Kier alpha value is -2.08. The van der Waals surface area contributed by atoms with Crippen molar-refractivity contribution in [2.75, 3.05) is 5.32 Å². The Kier molecular flexibility index (Phi) is 3.76. The molecule has 0 saturated heterocycles. The van der Waals surface area contributed by atoms with Crippen LogP contribution in [-0.2, 0) is 4.79 Å². The number of halogens is 1. The molecule has 4 heteroatoms. The number of ketones is 1. The molecule has 1 aromatic heterocycles. The Labute approximate surface area is 172 Å². The number of allylic oxidation sites excluding steroid dienone is 1. The Morgan fingerprint density at radius 1 is 1.07 bits per heavy atom. The molecule has 3 nitrogen and oxygen atoms in total. The van der Waals surface area contributed by atoms with Gasteiger partial charge in [0.05, 0.1) is 0 Å². The van der Waals surface area contributed by atoms with Crippen molar-refractivity contribution in [3.8, 4) is 0 Å². The molecular formula is C23H20INO2. The van der Waals surface area contributed by atoms with Gasteiger partial charge in [0.15, 0.2) is 9.55 Å². The standard InChI is InChI=1S/C23H20INO2/c1-23(2)11-15-20-14-6-4-3-5-13(14)7-8-16(20)25-22(21(15)17(26)12-23)18-9-10-19(24)27-18/h3-10,22,25H,11-12H2,1-2H3/t22-/m0/s1. The smallest absolute Gasteiger partial charge is 0.164 e. The summed E-state index contributed by atoms with van der Waals surface area (Å²) in [7, 11) is 0. The highest BCUT2D eigenvalue weighted by molar-refractivity contribution is 14.1. The lowest BCUT2D eigenvalue weighted by molar-refractivity contribution is -0.118. The molecule has 1 aliphatic heterocycles. The highest BCUT2D eigenvalue weighted by atomic mass is 127. The van der Waals surface area contributed by atoms with Gasteiger partial charge in [0.2, 0.25) is 0 Å². The van der Waals surface area contributed by atoms with Crippen LogP contribution in [0.3, 0.4) is 0 Å². The number of anilines is 1. The Morgan fingerprint density at radius 3 is 2.67 bits per heavy atom. The van der Waals surface area contributed by atoms with Gasteiger partial charge >= 0.3 is 0 Å². The Morgan fingerprint density at radius 2 is 1.89 bits per heavy atom. The molecule has 5 rings (SSSR count). The minimum absolute atomic E-state index is 0.0381. The molecule has 1 N–H and O–H groups in total. The van der Waals surface area contributed by atoms with Gasteiger partial charge in [0, 0.05) is 23.2 Å². The van der Waals surface area contributed by atoms with E-state index >= 15 is 0 Å². The molecule has 0 unspecified atom stereocenters. The summed E-state index contributed by atoms with van der Waals surface area (Å²) in [5.74, 6) is 1.03. The van der Waals surface area contributed by atoms with Crippen LogP contribution in [-0.4, -0.2) is 5.78 Å². The van der Waals surface area contributed by atoms with Crippen molar-refractivity contribution in [1.29, 1.82) is 0 Å². The molecule has 136 valence electrons. The van der Waals surface area contributed by atoms with Gasteiger partial charge in [-0.1, -0.05) is 44.2 Å². The van der Waals surface area contributed by atoms with Crippen molar-refractivity contribution in [2.45, 2.75) is 32.7 Å². The van der Waals surface area contributed by atoms with E-state index in [-0.39, 0.29) is 17.2 Å². The number of benzene rings is 2. The van der Waals surface area contributed by atoms with Gasteiger partial charge in [0.1, 0.15) is 11.8 Å². The van der Waals surface area contributed by atoms with Crippen molar-refractivity contribution in [3.63, 3.8) is 0 Å². The molecule has 0 fully saturated rings. The average molecular weight is 469 g/mol. The molecule has 2 aliphatic rings. The van der Waals surface area contributed by atoms with E-state index in [0.29, 0.717) is 6.42 Å². The minimum Gasteiger partial charge on any atom is -0.453 e. The normalized spacial score (nSPS) is 21.0. The van der Waals surface area contributed by atoms with Gasteiger partial charge in [-0.05, 0) is 69.0 Å². The van der Waals surface area contributed by atoms with E-state index in [0.717, 1.165) is 27.2 Å². The van der Waals surface area contributed by atoms with Gasteiger partial charge in [0.25, 0.3) is 0 Å². The quantitative estimate of drug-likeness (QED) is 0.423. The van der Waals surface area contributed by atoms with E-state index in [1.165, 1.54) is 21.9 Å². The first kappa shape index (κ1) is 17.0. The van der Waals surface area contributed by atoms with Crippen LogP contribution < -0.4 is 5.32 Å². The van der Waals surface area contributed by atoms with E-state index in [9.17, 15) is 4.79 Å². The molecule has 0 spiro atoms. The second kappa shape index (κ2) is 5.96. The summed E-state index contributed by atoms with van der Waals surface area (Å²) in [6, 6.07) is 16.4. The molecule has 27 heavy (non-hydrogen) atoms. The third-order valence-corrected chi connectivity index (χ3v) is 6.20. The molecule has 2 heterocycles. The second-order valence-electron chi connectivity index (χ2n) is 8.26. The zero-order valence-corrected chi connectivity index (χ0v) is 17.5. The van der Waals surface area contributed by atoms with Crippen LogP contribution in [0, 0.1) is 9.18 Å². The minimum atomic E-state index is -0.222. The van der Waals surface area contributed by atoms with Crippen LogP contribution in [0.15, 0.2) is 58.5 Å². The van der Waals surface area contributed by atoms with Gasteiger partial charge in [-0.15, -0.1) is 0 Å². The van der Waals surface area contributed by atoms with Crippen LogP contribution in [0.2, 0.25) is 0 Å². The fraction of sp³-hybridized carbons (Fsp3) is 0.261. The monoisotopic (exact) mass is 469 g/mol. The number of hydrogen-bond donors (Lipinski definition) is 1. The first-order chi connectivity index (χ1) is 12.9. The van der Waals surface area contributed by atoms with E-state index < -0.39 is 0 Å². The maximum atomic E-state index is 13.2. The first-order valence-electron chi connectivity index (χ1n) is 9.23. The van der Waals surface area contributed by atoms with Gasteiger partial charge in [-0.2, -0.15) is 0 Å². The number of carbonyl (C=O) groups is 1. The Balaban J connectivity index is 1.81. The first-order valence-corrected chi connectivity index (χ1v) is 10.3. The summed E-state index contributed by atoms with van der Waals surface area (Å²) in [5.41, 5.74) is 4.28. The van der Waals surface area contributed by atoms with Gasteiger partial charge in [-0.3, -0.25) is 4.79 Å². The number of furan rings is 1. The molecule has 3 aromatic rings. The lowest BCUT2D eigenvalue weighted by atomic mass is 9.68. The van der Waals surface area contributed by atoms with Crippen molar-refractivity contribution >= 4 is 50.4 Å². The molecule has 0 radical (unpaired) electrons. The van der Waals surface area contributed by atoms with Crippen molar-refractivity contribution < 1.29 is 9.21 Å². The lowest BCUT2D eigenvalue weighted by Gasteiger charge is -2.39. The molecular weight excluding hydrogens is 449 g/mol. The summed E-state index contributed by atoms with van der Waals surface area (Å²) in [6.45, 7) is 4.37. The van der Waals surface area contributed by atoms with Crippen LogP contribution >= 0.6 is 22.6 Å². The lowest BCUT2D eigenvalue weighted by Crippen LogP contribution is -2.33. The molecule has 2 aromatic carbocycles. The molecule has 0 bridgehead atoms. The van der Waals surface area contributed by atoms with Gasteiger partial charge < -0.3 is 9.73 Å². The van der Waals surface area contributed by atoms with E-state index in [4.69, 9.17) is 4.42 Å². The molecule has 1 atom stereocenters. The predicted molar refractivity (Wildman–Crippen MR) is 117 cm³/mol. The van der Waals surface area contributed by atoms with Crippen molar-refractivity contribution in [3.05, 3.63) is 69.2 Å². The topological polar surface area (TPSA) is 42.2 Å². The summed E-state index contributed by atoms with van der Waals surface area (Å²) in [4.78, 5) is 13.2. The number of hydrogen-bond acceptors (Lipinski definition) is 3. The van der Waals surface area contributed by atoms with Crippen LogP contribution in [0.25, 0.3) is 16.3 Å². The largest absolute Gasteiger partial charge is 0.453 e. The summed E-state index contributed by atoms with van der Waals surface area (Å²) in [6.07, 6.45) is 1.47. The average Bonchev–Trinajstić information content (AvgIpc) is 3.05. The van der Waals surface area contributed by atoms with Crippen molar-refractivity contribution in [1.82, 2.24) is 0 Å². The summed E-state index contributed by atoms with van der Waals surface area (Å²) in [5, 5.41) is 6.00. The van der Waals surface area contributed by atoms with Crippen molar-refractivity contribution in [2.24, 2.45) is 5.41 Å². The van der Waals surface area contributed by atoms with Gasteiger partial charge in [-0.25, -0.2) is 0 Å². The number of fused-ring (bicyclic) bond motifs is 4. The second-order valence-corrected chi connectivity index (χ2v) is 9.32. The van der Waals surface area contributed by atoms with Crippen LogP contribution in [0.1, 0.15) is 44.1 Å². The Bertz CT molecular complexity index is 1120. The molecule has 0 amide bonds. The molecule has 0 saturated carbocycles. The molecule has 1 aliphatic carbocycles. The number of nitrogens with one attached hydrogen (secondary N) is 1. The van der Waals surface area contributed by atoms with E-state index in [1.54, 1.807) is 0 Å². The number of carbonyl (C=O) groups excluding carboxylic acids is 1. The SMILES string of the molecule is CC1(C)CC(=O)C2=C(C1)c1c(ccc3ccccc13)N[C@H]2c1ccc(I)o1. The number of Topliss-reactive ketones (excluding diaryl/α,β-unsaturated/α-hetero) is 1. The van der Waals surface area contributed by atoms with E-state index in [1.807, 2.05) is 12.1 Å². The van der Waals surface area contributed by atoms with E-state index in [2.05, 4.69) is 78.2 Å². The summed E-state index contributed by atoms with van der Waals surface area (Å²) < 4.78 is 6.75. The fourth-order valence-electron chi connectivity index (χ4n) is 4.53. The maximum absolute atomic E-state index is 13.2. The zero-order valence-electron chi connectivity index (χ0n) is 15.3. The highest BCUT2D eigenvalue weighted by Gasteiger charge is 2.41. The highest BCUT2D eigenvalue weighted by Crippen LogP contribution is 2.52. The predicted octanol–water partition coefficient (Wildman–Crippen LogP) is 6.35. The number of rotatable bonds is 1. The zero-order chi connectivity index (χ0) is 18.8. The third-order valence-electron chi connectivity index (χ3n) is 5.62. The van der Waals surface area contributed by atoms with Crippen LogP contribution in [0.4, 0.5) is 5.69 Å². The third kappa shape index (κ3) is 2.73. The maximum Gasteiger partial charge on any atom is 0.164 e. The summed E-state index contributed by atoms with van der Waals surface area (Å²) >= 11 is 2.17.